The summed E-state index contributed by atoms with van der Waals surface area (Å²) in [6.45, 7) is 6.03. The van der Waals surface area contributed by atoms with Crippen LogP contribution in [0.5, 0.6) is 0 Å². The number of piperazine rings is 1. The molecule has 6 heteroatoms. The molecule has 0 aromatic heterocycles. The number of rotatable bonds is 5. The number of benzene rings is 2. The monoisotopic (exact) mass is 408 g/mol. The van der Waals surface area contributed by atoms with Crippen LogP contribution in [0.3, 0.4) is 0 Å². The Morgan fingerprint density at radius 1 is 0.733 bits per heavy atom. The molecule has 2 aliphatic heterocycles. The number of carbonyl (C=O) groups is 2. The van der Waals surface area contributed by atoms with Gasteiger partial charge in [-0.15, -0.1) is 0 Å². The molecule has 0 aliphatic carbocycles. The minimum Gasteiger partial charge on any atom is -0.342 e. The van der Waals surface area contributed by atoms with E-state index in [1.54, 1.807) is 0 Å². The molecule has 0 saturated carbocycles. The number of nitrogens with zero attached hydrogens (tertiary/aromatic N) is 3. The Balaban J connectivity index is 1.21. The highest BCUT2D eigenvalue weighted by molar-refractivity contribution is 5.95. The quantitative estimate of drug-likeness (QED) is 0.827. The number of fused-ring (bicyclic) bond motifs is 1. The lowest BCUT2D eigenvalue weighted by Gasteiger charge is -2.35. The first-order valence-corrected chi connectivity index (χ1v) is 11.2. The maximum absolute atomic E-state index is 12.6. The van der Waals surface area contributed by atoms with E-state index in [1.165, 1.54) is 18.2 Å². The molecule has 0 unspecified atom stereocenters. The van der Waals surface area contributed by atoms with Crippen molar-refractivity contribution in [3.05, 3.63) is 42.5 Å². The topological polar surface area (TPSA) is 55.9 Å². The fourth-order valence-corrected chi connectivity index (χ4v) is 4.39. The van der Waals surface area contributed by atoms with E-state index in [1.807, 2.05) is 35.2 Å². The van der Waals surface area contributed by atoms with Crippen LogP contribution in [0.4, 0.5) is 5.69 Å². The van der Waals surface area contributed by atoms with Gasteiger partial charge in [0.25, 0.3) is 0 Å². The summed E-state index contributed by atoms with van der Waals surface area (Å²) in [5, 5.41) is 5.31. The number of likely N-dealkylation sites (tertiary alicyclic amines) is 1. The summed E-state index contributed by atoms with van der Waals surface area (Å²) in [5.41, 5.74) is 0.834. The lowest BCUT2D eigenvalue weighted by Crippen LogP contribution is -2.51. The van der Waals surface area contributed by atoms with E-state index in [4.69, 9.17) is 0 Å². The highest BCUT2D eigenvalue weighted by Crippen LogP contribution is 2.19. The molecular weight excluding hydrogens is 376 g/mol. The third kappa shape index (κ3) is 5.58. The highest BCUT2D eigenvalue weighted by Gasteiger charge is 2.23. The lowest BCUT2D eigenvalue weighted by molar-refractivity contribution is -0.133. The summed E-state index contributed by atoms with van der Waals surface area (Å²) >= 11 is 0. The zero-order valence-corrected chi connectivity index (χ0v) is 17.7. The lowest BCUT2D eigenvalue weighted by atomic mass is 10.1. The van der Waals surface area contributed by atoms with Crippen molar-refractivity contribution in [2.24, 2.45) is 0 Å². The van der Waals surface area contributed by atoms with Gasteiger partial charge in [0, 0.05) is 45.0 Å². The Labute approximate surface area is 178 Å². The van der Waals surface area contributed by atoms with Crippen molar-refractivity contribution in [3.8, 4) is 0 Å². The predicted octanol–water partition coefficient (Wildman–Crippen LogP) is 2.80. The smallest absolute Gasteiger partial charge is 0.238 e. The fraction of sp³-hybridized carbons (Fsp3) is 0.500. The molecule has 4 rings (SSSR count). The highest BCUT2D eigenvalue weighted by atomic mass is 16.2. The third-order valence-corrected chi connectivity index (χ3v) is 6.18. The van der Waals surface area contributed by atoms with Crippen molar-refractivity contribution >= 4 is 28.3 Å². The number of hydrogen-bond donors (Lipinski definition) is 1. The molecule has 2 aliphatic rings. The van der Waals surface area contributed by atoms with Gasteiger partial charge in [-0.3, -0.25) is 19.4 Å². The molecule has 0 atom stereocenters. The van der Waals surface area contributed by atoms with Crippen molar-refractivity contribution in [3.63, 3.8) is 0 Å². The fourth-order valence-electron chi connectivity index (χ4n) is 4.39. The van der Waals surface area contributed by atoms with Crippen LogP contribution in [0.1, 0.15) is 25.7 Å². The minimum absolute atomic E-state index is 0.0133. The summed E-state index contributed by atoms with van der Waals surface area (Å²) in [7, 11) is 0. The SMILES string of the molecule is O=C(CN1CCN(CC(=O)N2CCCCCC2)CC1)Nc1ccc2ccccc2c1. The van der Waals surface area contributed by atoms with Gasteiger partial charge >= 0.3 is 0 Å². The average Bonchev–Trinajstić information content (AvgIpc) is 3.05. The van der Waals surface area contributed by atoms with Crippen LogP contribution in [-0.2, 0) is 9.59 Å². The van der Waals surface area contributed by atoms with Crippen LogP contribution in [0.25, 0.3) is 10.8 Å². The summed E-state index contributed by atoms with van der Waals surface area (Å²) in [6, 6.07) is 14.1. The molecule has 160 valence electrons. The molecule has 6 nitrogen and oxygen atoms in total. The maximum Gasteiger partial charge on any atom is 0.238 e. The van der Waals surface area contributed by atoms with Gasteiger partial charge in [0.05, 0.1) is 13.1 Å². The molecule has 30 heavy (non-hydrogen) atoms. The van der Waals surface area contributed by atoms with Crippen molar-refractivity contribution in [2.45, 2.75) is 25.7 Å². The first-order valence-electron chi connectivity index (χ1n) is 11.2. The van der Waals surface area contributed by atoms with E-state index < -0.39 is 0 Å². The van der Waals surface area contributed by atoms with E-state index in [2.05, 4.69) is 27.2 Å². The Hall–Kier alpha value is -2.44. The Morgan fingerprint density at radius 2 is 1.37 bits per heavy atom. The summed E-state index contributed by atoms with van der Waals surface area (Å²) < 4.78 is 0. The van der Waals surface area contributed by atoms with Gasteiger partial charge < -0.3 is 10.2 Å². The van der Waals surface area contributed by atoms with Gasteiger partial charge in [-0.25, -0.2) is 0 Å². The normalized spacial score (nSPS) is 18.9. The van der Waals surface area contributed by atoms with Gasteiger partial charge in [0.15, 0.2) is 0 Å². The molecule has 1 N–H and O–H groups in total. The molecular formula is C24H32N4O2. The largest absolute Gasteiger partial charge is 0.342 e. The molecule has 0 radical (unpaired) electrons. The second-order valence-corrected chi connectivity index (χ2v) is 8.46. The standard InChI is InChI=1S/C24H32N4O2/c29-23(25-22-10-9-20-7-3-4-8-21(20)17-22)18-26-13-15-27(16-14-26)19-24(30)28-11-5-1-2-6-12-28/h3-4,7-10,17H,1-2,5-6,11-16,18-19H2,(H,25,29). The van der Waals surface area contributed by atoms with Crippen molar-refractivity contribution in [1.82, 2.24) is 14.7 Å². The molecule has 2 aromatic rings. The van der Waals surface area contributed by atoms with Gasteiger partial charge in [0.2, 0.25) is 11.8 Å². The number of nitrogens with one attached hydrogen (secondary N) is 1. The molecule has 2 aromatic carbocycles. The predicted molar refractivity (Wildman–Crippen MR) is 121 cm³/mol. The Kier molecular flexibility index (Phi) is 6.97. The van der Waals surface area contributed by atoms with Crippen LogP contribution in [0.2, 0.25) is 0 Å². The number of amides is 2. The summed E-state index contributed by atoms with van der Waals surface area (Å²) in [5.74, 6) is 0.277. The van der Waals surface area contributed by atoms with Crippen molar-refractivity contribution in [2.75, 3.05) is 57.7 Å². The average molecular weight is 409 g/mol. The van der Waals surface area contributed by atoms with E-state index in [-0.39, 0.29) is 11.8 Å². The van der Waals surface area contributed by atoms with Gasteiger partial charge in [-0.2, -0.15) is 0 Å². The first kappa shape index (κ1) is 20.8. The summed E-state index contributed by atoms with van der Waals surface area (Å²) in [6.07, 6.45) is 4.74. The second kappa shape index (κ2) is 10.0. The zero-order valence-electron chi connectivity index (χ0n) is 17.7. The van der Waals surface area contributed by atoms with Crippen LogP contribution in [-0.4, -0.2) is 78.9 Å². The first-order chi connectivity index (χ1) is 14.7. The maximum atomic E-state index is 12.6. The summed E-state index contributed by atoms with van der Waals surface area (Å²) in [4.78, 5) is 31.5. The van der Waals surface area contributed by atoms with Crippen molar-refractivity contribution < 1.29 is 9.59 Å². The second-order valence-electron chi connectivity index (χ2n) is 8.46. The van der Waals surface area contributed by atoms with Gasteiger partial charge in [-0.05, 0) is 35.7 Å². The van der Waals surface area contributed by atoms with E-state index >= 15 is 0 Å². The third-order valence-electron chi connectivity index (χ3n) is 6.18. The van der Waals surface area contributed by atoms with E-state index in [0.29, 0.717) is 13.1 Å². The van der Waals surface area contributed by atoms with Crippen LogP contribution in [0, 0.1) is 0 Å². The van der Waals surface area contributed by atoms with Gasteiger partial charge in [0.1, 0.15) is 0 Å². The molecule has 2 heterocycles. The minimum atomic E-state index is 0.0133. The van der Waals surface area contributed by atoms with Gasteiger partial charge in [-0.1, -0.05) is 43.2 Å². The Bertz CT molecular complexity index is 868. The molecule has 0 bridgehead atoms. The number of hydrogen-bond acceptors (Lipinski definition) is 4. The van der Waals surface area contributed by atoms with Crippen LogP contribution >= 0.6 is 0 Å². The molecule has 2 amide bonds. The molecule has 2 fully saturated rings. The Morgan fingerprint density at radius 3 is 2.07 bits per heavy atom. The van der Waals surface area contributed by atoms with E-state index in [0.717, 1.165) is 63.2 Å². The number of carbonyl (C=O) groups excluding carboxylic acids is 2. The number of anilines is 1. The van der Waals surface area contributed by atoms with Crippen LogP contribution in [0.15, 0.2) is 42.5 Å². The molecule has 0 spiro atoms. The van der Waals surface area contributed by atoms with Crippen molar-refractivity contribution in [1.29, 1.82) is 0 Å². The van der Waals surface area contributed by atoms with Crippen LogP contribution < -0.4 is 5.32 Å². The van der Waals surface area contributed by atoms with E-state index in [9.17, 15) is 9.59 Å². The molecule has 2 saturated heterocycles. The zero-order chi connectivity index (χ0) is 20.8.